The van der Waals surface area contributed by atoms with Gasteiger partial charge >= 0.3 is 0 Å². The summed E-state index contributed by atoms with van der Waals surface area (Å²) in [5.41, 5.74) is 8.67. The monoisotopic (exact) mass is 671 g/mol. The molecule has 10 rings (SSSR count). The Bertz CT molecular complexity index is 2780. The highest BCUT2D eigenvalue weighted by Crippen LogP contribution is 2.40. The second-order valence-corrected chi connectivity index (χ2v) is 14.2. The van der Waals surface area contributed by atoms with Crippen molar-refractivity contribution in [3.8, 4) is 38.0 Å². The number of halogens is 2. The molecule has 0 saturated heterocycles. The summed E-state index contributed by atoms with van der Waals surface area (Å²) >= 11 is 3.12. The molecular formula is C42H23F2N3S2. The third kappa shape index (κ3) is 4.73. The summed E-state index contributed by atoms with van der Waals surface area (Å²) in [7, 11) is 0. The van der Waals surface area contributed by atoms with Gasteiger partial charge in [0.25, 0.3) is 0 Å². The van der Waals surface area contributed by atoms with Crippen molar-refractivity contribution in [3.05, 3.63) is 151 Å². The van der Waals surface area contributed by atoms with Crippen LogP contribution in [0.1, 0.15) is 0 Å². The highest BCUT2D eigenvalue weighted by Gasteiger charge is 2.17. The van der Waals surface area contributed by atoms with E-state index in [1.54, 1.807) is 34.8 Å². The summed E-state index contributed by atoms with van der Waals surface area (Å²) in [4.78, 5) is 9.58. The van der Waals surface area contributed by atoms with E-state index in [2.05, 4.69) is 108 Å². The standard InChI is InChI=1S/C42H23F2N3S2/c43-30-11-17-39-35(22-30)45-41(48-39)28-9-15-33-34-16-10-29(42-46-36-23-31(44)12-18-40(36)49-42)21-38(34)47(37(33)20-28)32-13-7-25(8-14-32)27-6-5-24-3-1-2-4-26(24)19-27/h1-23H. The molecule has 7 aromatic carbocycles. The van der Waals surface area contributed by atoms with Gasteiger partial charge in [-0.1, -0.05) is 72.8 Å². The molecule has 3 heterocycles. The van der Waals surface area contributed by atoms with Gasteiger partial charge in [0.05, 0.1) is 31.5 Å². The lowest BCUT2D eigenvalue weighted by molar-refractivity contribution is 0.629. The van der Waals surface area contributed by atoms with E-state index in [1.807, 2.05) is 0 Å². The van der Waals surface area contributed by atoms with Gasteiger partial charge in [-0.2, -0.15) is 0 Å². The number of nitrogens with zero attached hydrogens (tertiary/aromatic N) is 3. The summed E-state index contributed by atoms with van der Waals surface area (Å²) in [5.74, 6) is -0.581. The first-order chi connectivity index (χ1) is 24.0. The predicted molar refractivity (Wildman–Crippen MR) is 201 cm³/mol. The lowest BCUT2D eigenvalue weighted by atomic mass is 10.0. The van der Waals surface area contributed by atoms with Gasteiger partial charge in [-0.25, -0.2) is 18.7 Å². The van der Waals surface area contributed by atoms with Crippen molar-refractivity contribution in [2.45, 2.75) is 0 Å². The molecule has 49 heavy (non-hydrogen) atoms. The van der Waals surface area contributed by atoms with Gasteiger partial charge in [0, 0.05) is 39.7 Å². The third-order valence-corrected chi connectivity index (χ3v) is 11.3. The Hall–Kier alpha value is -5.76. The van der Waals surface area contributed by atoms with E-state index in [-0.39, 0.29) is 11.6 Å². The molecule has 0 aliphatic rings. The lowest BCUT2D eigenvalue weighted by Crippen LogP contribution is -1.94. The largest absolute Gasteiger partial charge is 0.309 e. The van der Waals surface area contributed by atoms with Crippen molar-refractivity contribution >= 4 is 75.7 Å². The Morgan fingerprint density at radius 3 is 1.57 bits per heavy atom. The maximum atomic E-state index is 14.0. The fourth-order valence-corrected chi connectivity index (χ4v) is 8.67. The second-order valence-electron chi connectivity index (χ2n) is 12.2. The summed E-state index contributed by atoms with van der Waals surface area (Å²) < 4.78 is 32.2. The van der Waals surface area contributed by atoms with Gasteiger partial charge in [-0.15, -0.1) is 22.7 Å². The highest BCUT2D eigenvalue weighted by molar-refractivity contribution is 7.22. The maximum Gasteiger partial charge on any atom is 0.125 e. The molecular weight excluding hydrogens is 649 g/mol. The maximum absolute atomic E-state index is 14.0. The van der Waals surface area contributed by atoms with Crippen LogP contribution in [0.15, 0.2) is 140 Å². The number of hydrogen-bond acceptors (Lipinski definition) is 4. The molecule has 0 bridgehead atoms. The van der Waals surface area contributed by atoms with Gasteiger partial charge in [0.15, 0.2) is 0 Å². The van der Waals surface area contributed by atoms with E-state index in [0.717, 1.165) is 69.2 Å². The molecule has 0 radical (unpaired) electrons. The Kier molecular flexibility index (Phi) is 6.28. The summed E-state index contributed by atoms with van der Waals surface area (Å²) in [5, 5.41) is 6.34. The molecule has 3 nitrogen and oxygen atoms in total. The number of hydrogen-bond donors (Lipinski definition) is 0. The first-order valence-electron chi connectivity index (χ1n) is 15.8. The van der Waals surface area contributed by atoms with Crippen LogP contribution in [0.4, 0.5) is 8.78 Å². The summed E-state index contributed by atoms with van der Waals surface area (Å²) in [6, 6.07) is 46.0. The molecule has 3 aromatic heterocycles. The zero-order valence-electron chi connectivity index (χ0n) is 25.7. The quantitative estimate of drug-likeness (QED) is 0.186. The zero-order valence-corrected chi connectivity index (χ0v) is 27.3. The molecule has 0 fully saturated rings. The van der Waals surface area contributed by atoms with Crippen LogP contribution in [0.5, 0.6) is 0 Å². The minimum atomic E-state index is -0.291. The average Bonchev–Trinajstić information content (AvgIpc) is 3.84. The first kappa shape index (κ1) is 28.3. The lowest BCUT2D eigenvalue weighted by Gasteiger charge is -2.11. The smallest absolute Gasteiger partial charge is 0.125 e. The Labute approximate surface area is 287 Å². The highest BCUT2D eigenvalue weighted by atomic mass is 32.1. The molecule has 0 unspecified atom stereocenters. The normalized spacial score (nSPS) is 11.9. The van der Waals surface area contributed by atoms with Crippen LogP contribution >= 0.6 is 22.7 Å². The zero-order chi connectivity index (χ0) is 32.6. The predicted octanol–water partition coefficient (Wildman–Crippen LogP) is 12.4. The molecule has 0 saturated carbocycles. The van der Waals surface area contributed by atoms with Crippen LogP contribution in [-0.2, 0) is 0 Å². The second kappa shape index (κ2) is 10.9. The van der Waals surface area contributed by atoms with Crippen molar-refractivity contribution in [2.24, 2.45) is 0 Å². The number of rotatable bonds is 4. The first-order valence-corrected chi connectivity index (χ1v) is 17.5. The van der Waals surface area contributed by atoms with Gasteiger partial charge in [-0.05, 0) is 76.5 Å². The van der Waals surface area contributed by atoms with Crippen molar-refractivity contribution < 1.29 is 8.78 Å². The summed E-state index contributed by atoms with van der Waals surface area (Å²) in [6.07, 6.45) is 0. The van der Waals surface area contributed by atoms with Crippen molar-refractivity contribution in [1.29, 1.82) is 0 Å². The van der Waals surface area contributed by atoms with E-state index in [0.29, 0.717) is 11.0 Å². The Morgan fingerprint density at radius 2 is 0.980 bits per heavy atom. The Morgan fingerprint density at radius 1 is 0.449 bits per heavy atom. The minimum Gasteiger partial charge on any atom is -0.309 e. The molecule has 232 valence electrons. The van der Waals surface area contributed by atoms with E-state index in [1.165, 1.54) is 35.0 Å². The molecule has 0 amide bonds. The van der Waals surface area contributed by atoms with Crippen LogP contribution in [0.2, 0.25) is 0 Å². The number of thiazole rings is 2. The Balaban J connectivity index is 1.16. The van der Waals surface area contributed by atoms with Crippen LogP contribution in [0.25, 0.3) is 91.0 Å². The molecule has 7 heteroatoms. The molecule has 0 aliphatic carbocycles. The molecule has 10 aromatic rings. The topological polar surface area (TPSA) is 30.7 Å². The van der Waals surface area contributed by atoms with Gasteiger partial charge in [0.1, 0.15) is 21.6 Å². The molecule has 0 N–H and O–H groups in total. The van der Waals surface area contributed by atoms with Crippen LogP contribution in [-0.4, -0.2) is 14.5 Å². The number of aromatic nitrogens is 3. The van der Waals surface area contributed by atoms with Crippen LogP contribution < -0.4 is 0 Å². The fraction of sp³-hybridized carbons (Fsp3) is 0. The third-order valence-electron chi connectivity index (χ3n) is 9.17. The average molecular weight is 672 g/mol. The van der Waals surface area contributed by atoms with Crippen molar-refractivity contribution in [3.63, 3.8) is 0 Å². The van der Waals surface area contributed by atoms with Gasteiger partial charge < -0.3 is 4.57 Å². The SMILES string of the molecule is Fc1ccc2sc(-c3ccc4c5ccc(-c6nc7cc(F)ccc7s6)cc5n(-c5ccc(-c6ccc7ccccc7c6)cc5)c4c3)nc2c1. The molecule has 0 spiro atoms. The van der Waals surface area contributed by atoms with Crippen molar-refractivity contribution in [2.75, 3.05) is 0 Å². The van der Waals surface area contributed by atoms with Gasteiger partial charge in [0.2, 0.25) is 0 Å². The number of fused-ring (bicyclic) bond motifs is 6. The van der Waals surface area contributed by atoms with Crippen molar-refractivity contribution in [1.82, 2.24) is 14.5 Å². The van der Waals surface area contributed by atoms with Gasteiger partial charge in [-0.3, -0.25) is 0 Å². The van der Waals surface area contributed by atoms with E-state index in [4.69, 9.17) is 9.97 Å². The fourth-order valence-electron chi connectivity index (χ4n) is 6.78. The van der Waals surface area contributed by atoms with E-state index < -0.39 is 0 Å². The van der Waals surface area contributed by atoms with E-state index >= 15 is 0 Å². The number of benzene rings is 7. The summed E-state index contributed by atoms with van der Waals surface area (Å²) in [6.45, 7) is 0. The van der Waals surface area contributed by atoms with Crippen LogP contribution in [0.3, 0.4) is 0 Å². The van der Waals surface area contributed by atoms with Crippen LogP contribution in [0, 0.1) is 11.6 Å². The molecule has 0 atom stereocenters. The van der Waals surface area contributed by atoms with E-state index in [9.17, 15) is 8.78 Å². The minimum absolute atomic E-state index is 0.291. The molecule has 0 aliphatic heterocycles.